The normalized spacial score (nSPS) is 13.5. The molecule has 32 nitrogen and oxygen atoms in total. The molecule has 2 aromatic rings. The molecule has 0 spiro atoms. The molecule has 0 saturated carbocycles. The molecule has 0 fully saturated rings. The number of aliphatic carboxylic acids is 7. The molecule has 10 amide bonds. The number of rotatable bonds is 44. The van der Waals surface area contributed by atoms with Crippen molar-refractivity contribution in [2.75, 3.05) is 18.8 Å². The van der Waals surface area contributed by atoms with Crippen molar-refractivity contribution < 1.29 is 108 Å². The van der Waals surface area contributed by atoms with E-state index in [1.54, 1.807) is 60.7 Å². The molecule has 0 radical (unpaired) electrons. The molecule has 0 aliphatic carbocycles. The van der Waals surface area contributed by atoms with E-state index < -0.39 is 182 Å². The predicted octanol–water partition coefficient (Wildman–Crippen LogP) is -0.910. The maximum atomic E-state index is 14.2. The minimum atomic E-state index is -2.10. The summed E-state index contributed by atoms with van der Waals surface area (Å²) in [5.41, 5.74) is 1.08. The zero-order valence-electron chi connectivity index (χ0n) is 47.7. The van der Waals surface area contributed by atoms with Crippen LogP contribution in [0.15, 0.2) is 60.7 Å². The topological polar surface area (TPSA) is 518 Å². The Bertz CT molecular complexity index is 2730. The van der Waals surface area contributed by atoms with Gasteiger partial charge in [0.1, 0.15) is 48.3 Å². The zero-order valence-corrected chi connectivity index (χ0v) is 48.6. The first-order valence-electron chi connectivity index (χ1n) is 27.8. The molecule has 0 heterocycles. The van der Waals surface area contributed by atoms with Crippen LogP contribution in [0.2, 0.25) is 0 Å². The van der Waals surface area contributed by atoms with E-state index >= 15 is 0 Å². The molecule has 2 aromatic carbocycles. The lowest BCUT2D eigenvalue weighted by Gasteiger charge is -2.27. The van der Waals surface area contributed by atoms with Gasteiger partial charge in [0.2, 0.25) is 35.4 Å². The third-order valence-electron chi connectivity index (χ3n) is 12.9. The molecule has 0 unspecified atom stereocenters. The van der Waals surface area contributed by atoms with Crippen LogP contribution in [0.1, 0.15) is 107 Å². The number of nitrogens with one attached hydrogen (secondary N) is 10. The Balaban J connectivity index is 2.07. The molecular formula is C55H76N10O22S. The Labute approximate surface area is 509 Å². The molecule has 0 bridgehead atoms. The number of carbonyl (C=O) groups excluding carboxylic acids is 8. The number of benzene rings is 2. The molecule has 484 valence electrons. The summed E-state index contributed by atoms with van der Waals surface area (Å²) < 4.78 is 0. The number of carboxylic acid groups (broad SMARTS) is 7. The van der Waals surface area contributed by atoms with Crippen LogP contribution in [0.4, 0.5) is 9.59 Å². The second-order valence-corrected chi connectivity index (χ2v) is 20.3. The fraction of sp³-hybridized carbons (Fsp3) is 0.509. The van der Waals surface area contributed by atoms with Crippen LogP contribution in [0.5, 0.6) is 0 Å². The lowest BCUT2D eigenvalue weighted by atomic mass is 10.0. The van der Waals surface area contributed by atoms with E-state index in [2.05, 4.69) is 55.2 Å². The van der Waals surface area contributed by atoms with Crippen molar-refractivity contribution in [2.24, 2.45) is 0 Å². The lowest BCUT2D eigenvalue weighted by Crippen LogP contribution is -2.60. The smallest absolute Gasteiger partial charge is 0.327 e. The summed E-state index contributed by atoms with van der Waals surface area (Å²) >= 11 is 3.84. The van der Waals surface area contributed by atoms with Crippen molar-refractivity contribution in [1.29, 1.82) is 0 Å². The van der Waals surface area contributed by atoms with E-state index in [0.717, 1.165) is 0 Å². The predicted molar refractivity (Wildman–Crippen MR) is 309 cm³/mol. The molecule has 0 aliphatic heterocycles. The van der Waals surface area contributed by atoms with Gasteiger partial charge in [0.25, 0.3) is 0 Å². The third-order valence-corrected chi connectivity index (χ3v) is 13.2. The monoisotopic (exact) mass is 1260 g/mol. The Morgan fingerprint density at radius 1 is 0.341 bits per heavy atom. The molecule has 33 heteroatoms. The van der Waals surface area contributed by atoms with Crippen LogP contribution in [0.3, 0.4) is 0 Å². The minimum absolute atomic E-state index is 0.0201. The SMILES string of the molecule is O=C(O)CC[C@H](NC(=O)N[C@@H](CCCCNC(=O)NCCCCCCCC(=O)N[C@@H](Cc1ccccc1)C(=O)N[C@@H](Cc1ccccc1)C(=O)N[C@@H](CC(=O)O)C(=O)N[C@@H](CC(=O)O)C(=O)N[C@@H](CCC(=O)O)C(=O)N[C@@H](CS)C(=O)O)C(=O)O)C(=O)O. The van der Waals surface area contributed by atoms with E-state index in [0.29, 0.717) is 56.2 Å². The average molecular weight is 1260 g/mol. The van der Waals surface area contributed by atoms with Gasteiger partial charge in [0, 0.05) is 50.9 Å². The number of carbonyl (C=O) groups is 15. The Morgan fingerprint density at radius 3 is 1.15 bits per heavy atom. The van der Waals surface area contributed by atoms with Crippen LogP contribution >= 0.6 is 12.6 Å². The third kappa shape index (κ3) is 31.5. The highest BCUT2D eigenvalue weighted by molar-refractivity contribution is 7.80. The van der Waals surface area contributed by atoms with Crippen molar-refractivity contribution in [3.63, 3.8) is 0 Å². The highest BCUT2D eigenvalue weighted by atomic mass is 32.1. The summed E-state index contributed by atoms with van der Waals surface area (Å²) in [4.78, 5) is 187. The first-order valence-corrected chi connectivity index (χ1v) is 28.5. The summed E-state index contributed by atoms with van der Waals surface area (Å²) in [6, 6.07) is 1.67. The zero-order chi connectivity index (χ0) is 65.7. The Morgan fingerprint density at radius 2 is 0.705 bits per heavy atom. The molecule has 0 saturated heterocycles. The van der Waals surface area contributed by atoms with Gasteiger partial charge in [-0.05, 0) is 56.1 Å². The number of hydrogen-bond acceptors (Lipinski definition) is 16. The number of urea groups is 2. The fourth-order valence-electron chi connectivity index (χ4n) is 8.26. The minimum Gasteiger partial charge on any atom is -0.481 e. The largest absolute Gasteiger partial charge is 0.481 e. The van der Waals surface area contributed by atoms with Crippen molar-refractivity contribution in [1.82, 2.24) is 53.2 Å². The number of unbranched alkanes of at least 4 members (excludes halogenated alkanes) is 5. The van der Waals surface area contributed by atoms with Gasteiger partial charge in [0.15, 0.2) is 0 Å². The maximum Gasteiger partial charge on any atom is 0.327 e. The molecular weight excluding hydrogens is 1180 g/mol. The van der Waals surface area contributed by atoms with Crippen LogP contribution < -0.4 is 53.2 Å². The van der Waals surface area contributed by atoms with Crippen molar-refractivity contribution in [2.45, 2.75) is 157 Å². The van der Waals surface area contributed by atoms with Gasteiger partial charge < -0.3 is 88.9 Å². The van der Waals surface area contributed by atoms with Gasteiger partial charge in [-0.3, -0.25) is 47.9 Å². The Hall–Kier alpha value is -9.56. The highest BCUT2D eigenvalue weighted by Gasteiger charge is 2.36. The number of hydrogen-bond donors (Lipinski definition) is 18. The van der Waals surface area contributed by atoms with Crippen LogP contribution in [-0.2, 0) is 75.2 Å². The molecule has 0 aliphatic rings. The maximum absolute atomic E-state index is 14.2. The fourth-order valence-corrected chi connectivity index (χ4v) is 8.50. The van der Waals surface area contributed by atoms with E-state index in [1.165, 1.54) is 0 Å². The highest BCUT2D eigenvalue weighted by Crippen LogP contribution is 2.12. The molecule has 8 atom stereocenters. The molecule has 0 aromatic heterocycles. The van der Waals surface area contributed by atoms with Crippen molar-refractivity contribution >= 4 is 102 Å². The second-order valence-electron chi connectivity index (χ2n) is 20.0. The Kier molecular flexibility index (Phi) is 34.5. The summed E-state index contributed by atoms with van der Waals surface area (Å²) in [6.07, 6.45) is -1.66. The summed E-state index contributed by atoms with van der Waals surface area (Å²) in [5, 5.41) is 88.8. The quantitative estimate of drug-likeness (QED) is 0.0282. The number of carboxylic acids is 7. The number of amides is 10. The standard InChI is InChI=1S/C55H76N10O22S/c66-41(19-10-2-1-3-12-24-56-54(86)57-25-13-11-18-34(51(80)81)64-55(87)65-35(52(82)83)21-23-43(69)70)58-36(26-31-14-6-4-7-15-31)47(76)60-37(27-32-16-8-5-9-17-32)48(77)61-39(29-45(73)74)50(79)62-38(28-44(71)72)49(78)59-33(20-22-42(67)68)46(75)63-40(30-88)53(84)85/h4-9,14-17,33-40,88H,1-3,10-13,18-30H2,(H,58,66)(H,59,78)(H,60,76)(H,61,77)(H,62,79)(H,63,75)(H,67,68)(H,69,70)(H,71,72)(H,73,74)(H,80,81)(H,82,83)(H,84,85)(H2,56,57,86)(H2,64,65,87)/t33-,34-,35-,36-,37-,38-,39-,40-/m0/s1. The van der Waals surface area contributed by atoms with E-state index in [4.69, 9.17) is 5.11 Å². The van der Waals surface area contributed by atoms with Crippen LogP contribution in [0.25, 0.3) is 0 Å². The molecule has 88 heavy (non-hydrogen) atoms. The molecule has 17 N–H and O–H groups in total. The van der Waals surface area contributed by atoms with Gasteiger partial charge in [-0.15, -0.1) is 0 Å². The summed E-state index contributed by atoms with van der Waals surface area (Å²) in [6.45, 7) is 0.460. The summed E-state index contributed by atoms with van der Waals surface area (Å²) in [7, 11) is 0. The molecule has 2 rings (SSSR count). The van der Waals surface area contributed by atoms with Gasteiger partial charge in [-0.2, -0.15) is 12.6 Å². The van der Waals surface area contributed by atoms with Gasteiger partial charge in [-0.1, -0.05) is 79.9 Å². The first-order chi connectivity index (χ1) is 41.7. The first kappa shape index (κ1) is 74.5. The average Bonchev–Trinajstić information content (AvgIpc) is 2.71. The van der Waals surface area contributed by atoms with Gasteiger partial charge in [-0.25, -0.2) is 24.0 Å². The van der Waals surface area contributed by atoms with E-state index in [-0.39, 0.29) is 38.6 Å². The second kappa shape index (κ2) is 40.7. The van der Waals surface area contributed by atoms with Crippen molar-refractivity contribution in [3.8, 4) is 0 Å². The van der Waals surface area contributed by atoms with Gasteiger partial charge >= 0.3 is 53.8 Å². The lowest BCUT2D eigenvalue weighted by molar-refractivity contribution is -0.144. The van der Waals surface area contributed by atoms with Crippen LogP contribution in [0, 0.1) is 0 Å². The summed E-state index contributed by atoms with van der Waals surface area (Å²) in [5.74, 6) is -17.4. The van der Waals surface area contributed by atoms with Crippen LogP contribution in [-0.4, -0.2) is 192 Å². The number of thiol groups is 1. The van der Waals surface area contributed by atoms with E-state index in [1.807, 2.05) is 10.6 Å². The van der Waals surface area contributed by atoms with E-state index in [9.17, 15) is 103 Å². The van der Waals surface area contributed by atoms with Crippen molar-refractivity contribution in [3.05, 3.63) is 71.8 Å². The van der Waals surface area contributed by atoms with Gasteiger partial charge in [0.05, 0.1) is 12.8 Å².